The molecular formula is C21H23N3O2S2. The van der Waals surface area contributed by atoms with E-state index in [4.69, 9.17) is 0 Å². The maximum absolute atomic E-state index is 11.9. The van der Waals surface area contributed by atoms with Crippen LogP contribution in [0.3, 0.4) is 0 Å². The minimum absolute atomic E-state index is 0.169. The first kappa shape index (κ1) is 20.4. The van der Waals surface area contributed by atoms with Gasteiger partial charge in [0.1, 0.15) is 0 Å². The summed E-state index contributed by atoms with van der Waals surface area (Å²) in [6.07, 6.45) is 2.91. The van der Waals surface area contributed by atoms with Gasteiger partial charge in [-0.25, -0.2) is 4.98 Å². The highest BCUT2D eigenvalue weighted by atomic mass is 32.2. The average Bonchev–Trinajstić information content (AvgIpc) is 3.12. The minimum atomic E-state index is -0.214. The Kier molecular flexibility index (Phi) is 7.45. The van der Waals surface area contributed by atoms with E-state index in [1.165, 1.54) is 22.0 Å². The standard InChI is InChI=1S/C21H23N3O2S2/c1-15-10-12-16(13-11-15)27-14-20(26)24-23-19(25)8-4-5-9-21-22-17-6-2-3-7-18(17)28-21/h2-3,6-7,10-13H,4-5,8-9,14H2,1H3,(H,23,25)(H,24,26). The van der Waals surface area contributed by atoms with Crippen LogP contribution in [0, 0.1) is 6.92 Å². The molecule has 0 saturated carbocycles. The molecule has 3 rings (SSSR count). The molecule has 2 aromatic carbocycles. The quantitative estimate of drug-likeness (QED) is 0.329. The smallest absolute Gasteiger partial charge is 0.248 e. The molecule has 2 amide bonds. The van der Waals surface area contributed by atoms with Gasteiger partial charge in [0.2, 0.25) is 11.8 Å². The highest BCUT2D eigenvalue weighted by molar-refractivity contribution is 8.00. The summed E-state index contributed by atoms with van der Waals surface area (Å²) < 4.78 is 1.20. The monoisotopic (exact) mass is 413 g/mol. The van der Waals surface area contributed by atoms with E-state index in [1.54, 1.807) is 11.3 Å². The number of rotatable bonds is 8. The van der Waals surface area contributed by atoms with Crippen LogP contribution < -0.4 is 10.9 Å². The third-order valence-electron chi connectivity index (χ3n) is 4.11. The fourth-order valence-electron chi connectivity index (χ4n) is 2.61. The number of hydrogen-bond acceptors (Lipinski definition) is 5. The lowest BCUT2D eigenvalue weighted by Gasteiger charge is -2.07. The van der Waals surface area contributed by atoms with Crippen molar-refractivity contribution in [3.05, 3.63) is 59.1 Å². The molecule has 7 heteroatoms. The van der Waals surface area contributed by atoms with Crippen molar-refractivity contribution in [2.24, 2.45) is 0 Å². The Labute approximate surface area is 172 Å². The summed E-state index contributed by atoms with van der Waals surface area (Å²) in [6, 6.07) is 16.1. The second kappa shape index (κ2) is 10.2. The van der Waals surface area contributed by atoms with Crippen molar-refractivity contribution in [1.82, 2.24) is 15.8 Å². The van der Waals surface area contributed by atoms with Crippen LogP contribution in [0.1, 0.15) is 29.8 Å². The molecule has 1 heterocycles. The van der Waals surface area contributed by atoms with E-state index >= 15 is 0 Å². The summed E-state index contributed by atoms with van der Waals surface area (Å²) in [6.45, 7) is 2.02. The van der Waals surface area contributed by atoms with Crippen LogP contribution in [0.15, 0.2) is 53.4 Å². The van der Waals surface area contributed by atoms with E-state index in [0.717, 1.165) is 34.7 Å². The Morgan fingerprint density at radius 2 is 1.75 bits per heavy atom. The molecule has 3 aromatic rings. The number of hydrazine groups is 1. The van der Waals surface area contributed by atoms with Crippen molar-refractivity contribution in [2.45, 2.75) is 37.5 Å². The molecule has 0 aliphatic rings. The first-order valence-electron chi connectivity index (χ1n) is 9.22. The highest BCUT2D eigenvalue weighted by Gasteiger charge is 2.07. The zero-order valence-electron chi connectivity index (χ0n) is 15.7. The number of aromatic nitrogens is 1. The third kappa shape index (κ3) is 6.35. The first-order valence-corrected chi connectivity index (χ1v) is 11.0. The number of thiazole rings is 1. The van der Waals surface area contributed by atoms with Gasteiger partial charge in [-0.05, 0) is 50.5 Å². The number of fused-ring (bicyclic) bond motifs is 1. The molecule has 28 heavy (non-hydrogen) atoms. The number of nitrogens with zero attached hydrogens (tertiary/aromatic N) is 1. The van der Waals surface area contributed by atoms with Gasteiger partial charge in [0, 0.05) is 11.3 Å². The van der Waals surface area contributed by atoms with Crippen LogP contribution in [-0.2, 0) is 16.0 Å². The zero-order chi connectivity index (χ0) is 19.8. The average molecular weight is 414 g/mol. The van der Waals surface area contributed by atoms with Gasteiger partial charge in [0.15, 0.2) is 0 Å². The molecule has 5 nitrogen and oxygen atoms in total. The Hall–Kier alpha value is -2.38. The van der Waals surface area contributed by atoms with Crippen LogP contribution >= 0.6 is 23.1 Å². The van der Waals surface area contributed by atoms with Crippen molar-refractivity contribution >= 4 is 45.1 Å². The Balaban J connectivity index is 1.28. The van der Waals surface area contributed by atoms with E-state index in [-0.39, 0.29) is 17.6 Å². The Morgan fingerprint density at radius 3 is 2.54 bits per heavy atom. The number of thioether (sulfide) groups is 1. The van der Waals surface area contributed by atoms with Crippen molar-refractivity contribution < 1.29 is 9.59 Å². The van der Waals surface area contributed by atoms with Gasteiger partial charge in [0.25, 0.3) is 0 Å². The van der Waals surface area contributed by atoms with Crippen LogP contribution in [0.25, 0.3) is 10.2 Å². The molecule has 0 aliphatic heterocycles. The number of amides is 2. The van der Waals surface area contributed by atoms with Crippen LogP contribution in [0.5, 0.6) is 0 Å². The maximum atomic E-state index is 11.9. The lowest BCUT2D eigenvalue weighted by Crippen LogP contribution is -2.42. The number of para-hydroxylation sites is 1. The second-order valence-corrected chi connectivity index (χ2v) is 8.64. The SMILES string of the molecule is Cc1ccc(SCC(=O)NNC(=O)CCCCc2nc3ccccc3s2)cc1. The van der Waals surface area contributed by atoms with Gasteiger partial charge in [0.05, 0.1) is 21.0 Å². The lowest BCUT2D eigenvalue weighted by atomic mass is 10.2. The van der Waals surface area contributed by atoms with Gasteiger partial charge in [-0.2, -0.15) is 0 Å². The number of carbonyl (C=O) groups is 2. The van der Waals surface area contributed by atoms with E-state index in [2.05, 4.69) is 21.9 Å². The largest absolute Gasteiger partial charge is 0.273 e. The van der Waals surface area contributed by atoms with E-state index in [0.29, 0.717) is 6.42 Å². The molecule has 0 atom stereocenters. The molecule has 0 radical (unpaired) electrons. The molecule has 0 unspecified atom stereocenters. The Bertz CT molecular complexity index is 905. The summed E-state index contributed by atoms with van der Waals surface area (Å²) in [5.41, 5.74) is 7.17. The maximum Gasteiger partial charge on any atom is 0.248 e. The normalized spacial score (nSPS) is 10.8. The molecule has 0 bridgehead atoms. The Morgan fingerprint density at radius 1 is 1.00 bits per heavy atom. The van der Waals surface area contributed by atoms with E-state index < -0.39 is 0 Å². The molecule has 146 valence electrons. The number of unbranched alkanes of at least 4 members (excludes halogenated alkanes) is 1. The third-order valence-corrected chi connectivity index (χ3v) is 6.22. The summed E-state index contributed by atoms with van der Waals surface area (Å²) in [5, 5.41) is 1.10. The van der Waals surface area contributed by atoms with Crippen molar-refractivity contribution in [2.75, 3.05) is 5.75 Å². The van der Waals surface area contributed by atoms with Crippen LogP contribution in [0.2, 0.25) is 0 Å². The van der Waals surface area contributed by atoms with Gasteiger partial charge in [-0.3, -0.25) is 20.4 Å². The summed E-state index contributed by atoms with van der Waals surface area (Å²) in [7, 11) is 0. The summed E-state index contributed by atoms with van der Waals surface area (Å²) in [4.78, 5) is 29.3. The molecular weight excluding hydrogens is 390 g/mol. The zero-order valence-corrected chi connectivity index (χ0v) is 17.4. The van der Waals surface area contributed by atoms with Gasteiger partial charge in [-0.1, -0.05) is 29.8 Å². The fourth-order valence-corrected chi connectivity index (χ4v) is 4.32. The predicted molar refractivity (Wildman–Crippen MR) is 115 cm³/mol. The summed E-state index contributed by atoms with van der Waals surface area (Å²) in [5.74, 6) is -0.118. The number of aryl methyl sites for hydroxylation is 2. The molecule has 0 saturated heterocycles. The number of carbonyl (C=O) groups excluding carboxylic acids is 2. The van der Waals surface area contributed by atoms with Crippen molar-refractivity contribution in [3.8, 4) is 0 Å². The van der Waals surface area contributed by atoms with Crippen molar-refractivity contribution in [3.63, 3.8) is 0 Å². The molecule has 0 fully saturated rings. The minimum Gasteiger partial charge on any atom is -0.273 e. The number of nitrogens with one attached hydrogen (secondary N) is 2. The molecule has 1 aromatic heterocycles. The predicted octanol–water partition coefficient (Wildman–Crippen LogP) is 4.26. The highest BCUT2D eigenvalue weighted by Crippen LogP contribution is 2.22. The van der Waals surface area contributed by atoms with Crippen LogP contribution in [-0.4, -0.2) is 22.6 Å². The molecule has 0 spiro atoms. The van der Waals surface area contributed by atoms with Crippen LogP contribution in [0.4, 0.5) is 0 Å². The number of benzene rings is 2. The summed E-state index contributed by atoms with van der Waals surface area (Å²) >= 11 is 3.14. The van der Waals surface area contributed by atoms with Crippen molar-refractivity contribution in [1.29, 1.82) is 0 Å². The van der Waals surface area contributed by atoms with Gasteiger partial charge < -0.3 is 0 Å². The van der Waals surface area contributed by atoms with E-state index in [1.807, 2.05) is 49.4 Å². The fraction of sp³-hybridized carbons (Fsp3) is 0.286. The second-order valence-electron chi connectivity index (χ2n) is 6.48. The lowest BCUT2D eigenvalue weighted by molar-refractivity contribution is -0.127. The first-order chi connectivity index (χ1) is 13.6. The number of hydrogen-bond donors (Lipinski definition) is 2. The van der Waals surface area contributed by atoms with Gasteiger partial charge >= 0.3 is 0 Å². The molecule has 0 aliphatic carbocycles. The van der Waals surface area contributed by atoms with E-state index in [9.17, 15) is 9.59 Å². The molecule has 2 N–H and O–H groups in total. The van der Waals surface area contributed by atoms with Gasteiger partial charge in [-0.15, -0.1) is 23.1 Å². The topological polar surface area (TPSA) is 71.1 Å².